The Kier molecular flexibility index (Phi) is 5.40. The SMILES string of the molecule is O=C(Cn1cnc2ccc([N+](=O)[O-])cc2c1=O)Nc1ccc(N2CCOCC2)cc1. The van der Waals surface area contributed by atoms with Gasteiger partial charge in [-0.25, -0.2) is 4.98 Å². The quantitative estimate of drug-likeness (QED) is 0.504. The van der Waals surface area contributed by atoms with Gasteiger partial charge in [0.1, 0.15) is 6.54 Å². The number of nitro groups is 1. The number of hydrogen-bond acceptors (Lipinski definition) is 7. The van der Waals surface area contributed by atoms with Gasteiger partial charge in [0, 0.05) is 36.6 Å². The van der Waals surface area contributed by atoms with Gasteiger partial charge in [-0.05, 0) is 30.3 Å². The Hall–Kier alpha value is -3.79. The number of aromatic nitrogens is 2. The summed E-state index contributed by atoms with van der Waals surface area (Å²) in [5, 5.41) is 13.8. The minimum Gasteiger partial charge on any atom is -0.378 e. The van der Waals surface area contributed by atoms with Crippen LogP contribution in [0.5, 0.6) is 0 Å². The van der Waals surface area contributed by atoms with Gasteiger partial charge in [0.05, 0.1) is 35.4 Å². The van der Waals surface area contributed by atoms with E-state index in [0.717, 1.165) is 23.3 Å². The molecule has 2 aromatic carbocycles. The number of amides is 1. The van der Waals surface area contributed by atoms with Crippen molar-refractivity contribution in [3.8, 4) is 0 Å². The molecule has 0 bridgehead atoms. The standard InChI is InChI=1S/C20H19N5O5/c26-19(22-14-1-3-15(4-2-14)23-7-9-30-10-8-23)12-24-13-21-18-6-5-16(25(28)29)11-17(18)20(24)27/h1-6,11,13H,7-10,12H2,(H,22,26). The number of nitro benzene ring substituents is 1. The Bertz CT molecular complexity index is 1150. The molecule has 1 aromatic heterocycles. The van der Waals surface area contributed by atoms with Gasteiger partial charge in [0.2, 0.25) is 5.91 Å². The molecule has 0 aliphatic carbocycles. The Morgan fingerprint density at radius 3 is 2.60 bits per heavy atom. The summed E-state index contributed by atoms with van der Waals surface area (Å²) in [5.41, 5.74) is 1.27. The number of ether oxygens (including phenoxy) is 1. The largest absolute Gasteiger partial charge is 0.378 e. The molecular weight excluding hydrogens is 390 g/mol. The summed E-state index contributed by atoms with van der Waals surface area (Å²) in [6.07, 6.45) is 1.26. The van der Waals surface area contributed by atoms with Crippen LogP contribution in [-0.2, 0) is 16.1 Å². The number of hydrogen-bond donors (Lipinski definition) is 1. The number of anilines is 2. The van der Waals surface area contributed by atoms with Crippen LogP contribution < -0.4 is 15.8 Å². The van der Waals surface area contributed by atoms with Crippen molar-refractivity contribution in [2.24, 2.45) is 0 Å². The molecule has 1 aliphatic heterocycles. The number of nitrogens with one attached hydrogen (secondary N) is 1. The molecular formula is C20H19N5O5. The molecule has 10 nitrogen and oxygen atoms in total. The molecule has 0 saturated carbocycles. The first-order chi connectivity index (χ1) is 14.5. The monoisotopic (exact) mass is 409 g/mol. The number of fused-ring (bicyclic) bond motifs is 1. The lowest BCUT2D eigenvalue weighted by molar-refractivity contribution is -0.384. The zero-order valence-electron chi connectivity index (χ0n) is 16.0. The smallest absolute Gasteiger partial charge is 0.270 e. The predicted molar refractivity (Wildman–Crippen MR) is 111 cm³/mol. The number of nitrogens with zero attached hydrogens (tertiary/aromatic N) is 4. The molecule has 0 spiro atoms. The highest BCUT2D eigenvalue weighted by Gasteiger charge is 2.14. The van der Waals surface area contributed by atoms with Crippen LogP contribution in [0.4, 0.5) is 17.1 Å². The number of carbonyl (C=O) groups is 1. The van der Waals surface area contributed by atoms with E-state index in [9.17, 15) is 19.7 Å². The molecule has 1 N–H and O–H groups in total. The van der Waals surface area contributed by atoms with Crippen molar-refractivity contribution in [2.45, 2.75) is 6.54 Å². The third-order valence-corrected chi connectivity index (χ3v) is 4.86. The number of rotatable bonds is 5. The summed E-state index contributed by atoms with van der Waals surface area (Å²) < 4.78 is 6.47. The summed E-state index contributed by atoms with van der Waals surface area (Å²) in [5.74, 6) is -0.400. The third kappa shape index (κ3) is 4.13. The fourth-order valence-electron chi connectivity index (χ4n) is 3.31. The molecule has 1 saturated heterocycles. The number of benzene rings is 2. The fourth-order valence-corrected chi connectivity index (χ4v) is 3.31. The lowest BCUT2D eigenvalue weighted by atomic mass is 10.2. The number of non-ortho nitro benzene ring substituents is 1. The number of carbonyl (C=O) groups excluding carboxylic acids is 1. The summed E-state index contributed by atoms with van der Waals surface area (Å²) in [7, 11) is 0. The Morgan fingerprint density at radius 1 is 1.17 bits per heavy atom. The zero-order valence-corrected chi connectivity index (χ0v) is 16.0. The van der Waals surface area contributed by atoms with Crippen LogP contribution in [0, 0.1) is 10.1 Å². The van der Waals surface area contributed by atoms with Crippen LogP contribution >= 0.6 is 0 Å². The molecule has 154 valence electrons. The normalized spacial score (nSPS) is 13.9. The maximum absolute atomic E-state index is 12.6. The first-order valence-electron chi connectivity index (χ1n) is 9.37. The van der Waals surface area contributed by atoms with Crippen LogP contribution in [-0.4, -0.2) is 46.7 Å². The van der Waals surface area contributed by atoms with Crippen molar-refractivity contribution in [1.82, 2.24) is 9.55 Å². The van der Waals surface area contributed by atoms with Gasteiger partial charge in [-0.15, -0.1) is 0 Å². The molecule has 4 rings (SSSR count). The van der Waals surface area contributed by atoms with E-state index in [1.807, 2.05) is 12.1 Å². The molecule has 30 heavy (non-hydrogen) atoms. The van der Waals surface area contributed by atoms with Crippen LogP contribution in [0.15, 0.2) is 53.6 Å². The van der Waals surface area contributed by atoms with E-state index in [-0.39, 0.29) is 17.6 Å². The highest BCUT2D eigenvalue weighted by Crippen LogP contribution is 2.19. The molecule has 0 unspecified atom stereocenters. The van der Waals surface area contributed by atoms with Crippen LogP contribution in [0.1, 0.15) is 0 Å². The molecule has 1 fully saturated rings. The second kappa shape index (κ2) is 8.29. The maximum Gasteiger partial charge on any atom is 0.270 e. The molecule has 10 heteroatoms. The summed E-state index contributed by atoms with van der Waals surface area (Å²) in [4.78, 5) is 41.7. The van der Waals surface area contributed by atoms with Crippen molar-refractivity contribution < 1.29 is 14.5 Å². The molecule has 0 atom stereocenters. The highest BCUT2D eigenvalue weighted by molar-refractivity contribution is 5.91. The van der Waals surface area contributed by atoms with Gasteiger partial charge in [0.25, 0.3) is 11.2 Å². The first-order valence-corrected chi connectivity index (χ1v) is 9.37. The van der Waals surface area contributed by atoms with E-state index in [2.05, 4.69) is 15.2 Å². The second-order valence-electron chi connectivity index (χ2n) is 6.83. The van der Waals surface area contributed by atoms with E-state index < -0.39 is 16.4 Å². The first kappa shape index (κ1) is 19.5. The van der Waals surface area contributed by atoms with Gasteiger partial charge < -0.3 is 15.0 Å². The van der Waals surface area contributed by atoms with E-state index >= 15 is 0 Å². The summed E-state index contributed by atoms with van der Waals surface area (Å²) in [6.45, 7) is 2.77. The summed E-state index contributed by atoms with van der Waals surface area (Å²) >= 11 is 0. The van der Waals surface area contributed by atoms with Crippen molar-refractivity contribution in [1.29, 1.82) is 0 Å². The van der Waals surface area contributed by atoms with E-state index in [4.69, 9.17) is 4.74 Å². The van der Waals surface area contributed by atoms with Crippen LogP contribution in [0.2, 0.25) is 0 Å². The van der Waals surface area contributed by atoms with Crippen molar-refractivity contribution in [3.05, 3.63) is 69.3 Å². The van der Waals surface area contributed by atoms with Crippen LogP contribution in [0.25, 0.3) is 10.9 Å². The lowest BCUT2D eigenvalue weighted by Crippen LogP contribution is -2.36. The van der Waals surface area contributed by atoms with Crippen molar-refractivity contribution >= 4 is 33.9 Å². The molecule has 1 amide bonds. The Morgan fingerprint density at radius 2 is 1.90 bits per heavy atom. The average molecular weight is 409 g/mol. The van der Waals surface area contributed by atoms with E-state index in [1.165, 1.54) is 24.5 Å². The van der Waals surface area contributed by atoms with Crippen molar-refractivity contribution in [2.75, 3.05) is 36.5 Å². The maximum atomic E-state index is 12.6. The van der Waals surface area contributed by atoms with Crippen LogP contribution in [0.3, 0.4) is 0 Å². The zero-order chi connectivity index (χ0) is 21.1. The molecule has 3 aromatic rings. The van der Waals surface area contributed by atoms with Gasteiger partial charge in [0.15, 0.2) is 0 Å². The molecule has 0 radical (unpaired) electrons. The fraction of sp³-hybridized carbons (Fsp3) is 0.250. The highest BCUT2D eigenvalue weighted by atomic mass is 16.6. The van der Waals surface area contributed by atoms with E-state index in [0.29, 0.717) is 24.4 Å². The van der Waals surface area contributed by atoms with Gasteiger partial charge in [-0.1, -0.05) is 0 Å². The predicted octanol–water partition coefficient (Wildman–Crippen LogP) is 1.78. The minimum atomic E-state index is -0.580. The van der Waals surface area contributed by atoms with Gasteiger partial charge in [-0.2, -0.15) is 0 Å². The van der Waals surface area contributed by atoms with Gasteiger partial charge in [-0.3, -0.25) is 24.3 Å². The topological polar surface area (TPSA) is 120 Å². The summed E-state index contributed by atoms with van der Waals surface area (Å²) in [6, 6.07) is 11.3. The van der Waals surface area contributed by atoms with E-state index in [1.54, 1.807) is 12.1 Å². The lowest BCUT2D eigenvalue weighted by Gasteiger charge is -2.28. The molecule has 2 heterocycles. The average Bonchev–Trinajstić information content (AvgIpc) is 2.76. The second-order valence-corrected chi connectivity index (χ2v) is 6.83. The van der Waals surface area contributed by atoms with Crippen molar-refractivity contribution in [3.63, 3.8) is 0 Å². The Labute approximate surface area is 170 Å². The third-order valence-electron chi connectivity index (χ3n) is 4.86. The minimum absolute atomic E-state index is 0.0920. The Balaban J connectivity index is 1.47. The van der Waals surface area contributed by atoms with Gasteiger partial charge >= 0.3 is 0 Å². The molecule has 1 aliphatic rings. The number of morpholine rings is 1.